The molecule has 0 saturated carbocycles. The summed E-state index contributed by atoms with van der Waals surface area (Å²) in [5, 5.41) is 3.13. The smallest absolute Gasteiger partial charge is 0.339 e. The van der Waals surface area contributed by atoms with Crippen molar-refractivity contribution in [3.63, 3.8) is 0 Å². The van der Waals surface area contributed by atoms with Crippen LogP contribution in [-0.4, -0.2) is 36.6 Å². The molecule has 6 nitrogen and oxygen atoms in total. The minimum absolute atomic E-state index is 0.397. The first-order chi connectivity index (χ1) is 11.5. The molecule has 1 aromatic carbocycles. The van der Waals surface area contributed by atoms with Gasteiger partial charge >= 0.3 is 5.97 Å². The highest BCUT2D eigenvalue weighted by molar-refractivity contribution is 5.96. The molecule has 1 N–H and O–H groups in total. The van der Waals surface area contributed by atoms with E-state index < -0.39 is 5.97 Å². The summed E-state index contributed by atoms with van der Waals surface area (Å²) in [6.07, 6.45) is 2.24. The van der Waals surface area contributed by atoms with Crippen LogP contribution in [0.1, 0.15) is 35.8 Å². The lowest BCUT2D eigenvalue weighted by Crippen LogP contribution is -2.20. The summed E-state index contributed by atoms with van der Waals surface area (Å²) in [4.78, 5) is 23.0. The van der Waals surface area contributed by atoms with Gasteiger partial charge in [-0.25, -0.2) is 9.78 Å². The van der Waals surface area contributed by atoms with Crippen LogP contribution < -0.4 is 10.2 Å². The Hall–Kier alpha value is -2.63. The van der Waals surface area contributed by atoms with Crippen LogP contribution >= 0.6 is 0 Å². The molecule has 0 aliphatic heterocycles. The Kier molecular flexibility index (Phi) is 6.12. The molecule has 0 amide bonds. The van der Waals surface area contributed by atoms with Gasteiger partial charge in [0, 0.05) is 25.4 Å². The van der Waals surface area contributed by atoms with Gasteiger partial charge in [-0.2, -0.15) is 4.98 Å². The minimum Gasteiger partial charge on any atom is -0.465 e. The monoisotopic (exact) mass is 328 g/mol. The van der Waals surface area contributed by atoms with E-state index in [1.807, 2.05) is 26.1 Å². The number of benzene rings is 1. The number of nitrogens with one attached hydrogen (secondary N) is 1. The van der Waals surface area contributed by atoms with Crippen molar-refractivity contribution in [3.05, 3.63) is 41.6 Å². The maximum absolute atomic E-state index is 11.9. The van der Waals surface area contributed by atoms with E-state index in [-0.39, 0.29) is 0 Å². The van der Waals surface area contributed by atoms with Gasteiger partial charge in [0.15, 0.2) is 0 Å². The number of esters is 1. The molecule has 1 aromatic heterocycles. The molecule has 0 atom stereocenters. The lowest BCUT2D eigenvalue weighted by atomic mass is 10.2. The van der Waals surface area contributed by atoms with Crippen LogP contribution in [0.5, 0.6) is 0 Å². The molecule has 0 fully saturated rings. The Balaban J connectivity index is 2.27. The second-order valence-electron chi connectivity index (χ2n) is 5.63. The van der Waals surface area contributed by atoms with Gasteiger partial charge in [0.2, 0.25) is 5.95 Å². The summed E-state index contributed by atoms with van der Waals surface area (Å²) in [5.41, 5.74) is 1.93. The molecular formula is C18H24N4O2. The van der Waals surface area contributed by atoms with Gasteiger partial charge in [0.05, 0.1) is 18.4 Å². The predicted molar refractivity (Wildman–Crippen MR) is 96.0 cm³/mol. The highest BCUT2D eigenvalue weighted by Gasteiger charge is 2.13. The number of aryl methyl sites for hydroxylation is 1. The maximum atomic E-state index is 11.9. The van der Waals surface area contributed by atoms with E-state index in [1.54, 1.807) is 18.2 Å². The number of ether oxygens (including phenoxy) is 1. The average Bonchev–Trinajstić information content (AvgIpc) is 2.59. The van der Waals surface area contributed by atoms with Gasteiger partial charge in [-0.3, -0.25) is 0 Å². The van der Waals surface area contributed by atoms with Gasteiger partial charge in [0.25, 0.3) is 0 Å². The fourth-order valence-corrected chi connectivity index (χ4v) is 2.31. The Morgan fingerprint density at radius 2 is 2.04 bits per heavy atom. The maximum Gasteiger partial charge on any atom is 0.339 e. The third kappa shape index (κ3) is 4.44. The van der Waals surface area contributed by atoms with Crippen molar-refractivity contribution in [1.82, 2.24) is 9.97 Å². The zero-order valence-electron chi connectivity index (χ0n) is 14.7. The minimum atomic E-state index is -0.397. The Labute approximate surface area is 142 Å². The molecule has 6 heteroatoms. The summed E-state index contributed by atoms with van der Waals surface area (Å²) in [6, 6.07) is 9.10. The molecule has 0 aliphatic carbocycles. The normalized spacial score (nSPS) is 10.3. The number of hydrogen-bond acceptors (Lipinski definition) is 6. The molecule has 128 valence electrons. The van der Waals surface area contributed by atoms with Crippen molar-refractivity contribution in [1.29, 1.82) is 0 Å². The van der Waals surface area contributed by atoms with Crippen molar-refractivity contribution in [3.8, 4) is 0 Å². The van der Waals surface area contributed by atoms with E-state index in [4.69, 9.17) is 4.74 Å². The van der Waals surface area contributed by atoms with E-state index in [0.717, 1.165) is 30.9 Å². The standard InChI is InChI=1S/C18H24N4O2/c1-5-6-11-22(3)16-12-13(2)19-18(21-16)20-15-10-8-7-9-14(15)17(23)24-4/h7-10,12H,5-6,11H2,1-4H3,(H,19,20,21). The number of rotatable bonds is 7. The number of nitrogens with zero attached hydrogens (tertiary/aromatic N) is 3. The van der Waals surface area contributed by atoms with Crippen molar-refractivity contribution < 1.29 is 9.53 Å². The molecule has 0 aliphatic rings. The van der Waals surface area contributed by atoms with E-state index >= 15 is 0 Å². The van der Waals surface area contributed by atoms with E-state index in [2.05, 4.69) is 27.1 Å². The first kappa shape index (κ1) is 17.7. The Morgan fingerprint density at radius 1 is 1.29 bits per heavy atom. The first-order valence-corrected chi connectivity index (χ1v) is 8.06. The lowest BCUT2D eigenvalue weighted by molar-refractivity contribution is 0.0602. The quantitative estimate of drug-likeness (QED) is 0.784. The first-order valence-electron chi connectivity index (χ1n) is 8.06. The summed E-state index contributed by atoms with van der Waals surface area (Å²) < 4.78 is 4.82. The van der Waals surface area contributed by atoms with Crippen molar-refractivity contribution in [2.75, 3.05) is 30.9 Å². The number of unbranched alkanes of at least 4 members (excludes halogenated alkanes) is 1. The molecule has 1 heterocycles. The average molecular weight is 328 g/mol. The molecule has 0 saturated heterocycles. The van der Waals surface area contributed by atoms with Gasteiger partial charge in [-0.15, -0.1) is 0 Å². The van der Waals surface area contributed by atoms with Crippen molar-refractivity contribution in [2.45, 2.75) is 26.7 Å². The van der Waals surface area contributed by atoms with Crippen LogP contribution in [0.4, 0.5) is 17.5 Å². The molecule has 24 heavy (non-hydrogen) atoms. The molecule has 2 aromatic rings. The zero-order chi connectivity index (χ0) is 17.5. The van der Waals surface area contributed by atoms with Crippen molar-refractivity contribution >= 4 is 23.4 Å². The van der Waals surface area contributed by atoms with Gasteiger partial charge in [0.1, 0.15) is 5.82 Å². The van der Waals surface area contributed by atoms with Gasteiger partial charge in [-0.05, 0) is 25.5 Å². The molecule has 0 unspecified atom stereocenters. The van der Waals surface area contributed by atoms with Crippen LogP contribution in [0.2, 0.25) is 0 Å². The molecular weight excluding hydrogens is 304 g/mol. The Bertz CT molecular complexity index is 703. The number of aromatic nitrogens is 2. The fourth-order valence-electron chi connectivity index (χ4n) is 2.31. The Morgan fingerprint density at radius 3 is 2.75 bits per heavy atom. The third-order valence-corrected chi connectivity index (χ3v) is 3.66. The van der Waals surface area contributed by atoms with Gasteiger partial charge in [-0.1, -0.05) is 25.5 Å². The summed E-state index contributed by atoms with van der Waals surface area (Å²) in [6.45, 7) is 5.02. The summed E-state index contributed by atoms with van der Waals surface area (Å²) >= 11 is 0. The summed E-state index contributed by atoms with van der Waals surface area (Å²) in [5.74, 6) is 0.921. The number of carbonyl (C=O) groups is 1. The van der Waals surface area contributed by atoms with Crippen LogP contribution in [0.3, 0.4) is 0 Å². The second-order valence-corrected chi connectivity index (χ2v) is 5.63. The van der Waals surface area contributed by atoms with E-state index in [0.29, 0.717) is 17.2 Å². The molecule has 2 rings (SSSR count). The number of anilines is 3. The number of methoxy groups -OCH3 is 1. The van der Waals surface area contributed by atoms with Gasteiger partial charge < -0.3 is 15.0 Å². The van der Waals surface area contributed by atoms with Crippen LogP contribution in [0.15, 0.2) is 30.3 Å². The largest absolute Gasteiger partial charge is 0.465 e. The summed E-state index contributed by atoms with van der Waals surface area (Å²) in [7, 11) is 3.38. The number of carbonyl (C=O) groups excluding carboxylic acids is 1. The zero-order valence-corrected chi connectivity index (χ0v) is 14.7. The highest BCUT2D eigenvalue weighted by atomic mass is 16.5. The third-order valence-electron chi connectivity index (χ3n) is 3.66. The fraction of sp³-hybridized carbons (Fsp3) is 0.389. The molecule has 0 bridgehead atoms. The van der Waals surface area contributed by atoms with Crippen molar-refractivity contribution in [2.24, 2.45) is 0 Å². The number of hydrogen-bond donors (Lipinski definition) is 1. The predicted octanol–water partition coefficient (Wildman–Crippen LogP) is 3.55. The van der Waals surface area contributed by atoms with Crippen LogP contribution in [0, 0.1) is 6.92 Å². The second kappa shape index (κ2) is 8.29. The highest BCUT2D eigenvalue weighted by Crippen LogP contribution is 2.21. The molecule has 0 radical (unpaired) electrons. The SMILES string of the molecule is CCCCN(C)c1cc(C)nc(Nc2ccccc2C(=O)OC)n1. The van der Waals surface area contributed by atoms with Crippen LogP contribution in [-0.2, 0) is 4.74 Å². The topological polar surface area (TPSA) is 67.4 Å². The van der Waals surface area contributed by atoms with Crippen LogP contribution in [0.25, 0.3) is 0 Å². The lowest BCUT2D eigenvalue weighted by Gasteiger charge is -2.19. The number of para-hydroxylation sites is 1. The van der Waals surface area contributed by atoms with E-state index in [9.17, 15) is 4.79 Å². The molecule has 0 spiro atoms. The van der Waals surface area contributed by atoms with E-state index in [1.165, 1.54) is 7.11 Å².